The molecule has 1 aliphatic rings. The summed E-state index contributed by atoms with van der Waals surface area (Å²) < 4.78 is 10.9. The Morgan fingerprint density at radius 1 is 1.09 bits per heavy atom. The van der Waals surface area contributed by atoms with Gasteiger partial charge in [0.05, 0.1) is 25.0 Å². The van der Waals surface area contributed by atoms with Gasteiger partial charge in [0.1, 0.15) is 23.3 Å². The van der Waals surface area contributed by atoms with Crippen molar-refractivity contribution in [1.29, 1.82) is 0 Å². The van der Waals surface area contributed by atoms with E-state index in [0.29, 0.717) is 35.1 Å². The molecule has 3 aromatic rings. The van der Waals surface area contributed by atoms with Gasteiger partial charge in [-0.25, -0.2) is 0 Å². The van der Waals surface area contributed by atoms with Crippen molar-refractivity contribution in [3.63, 3.8) is 0 Å². The van der Waals surface area contributed by atoms with Crippen molar-refractivity contribution in [2.24, 2.45) is 0 Å². The number of aliphatic hydroxyl groups excluding tert-OH is 1. The lowest BCUT2D eigenvalue weighted by molar-refractivity contribution is -0.132. The molecule has 7 nitrogen and oxygen atoms in total. The summed E-state index contributed by atoms with van der Waals surface area (Å²) in [7, 11) is 1.53. The van der Waals surface area contributed by atoms with Crippen molar-refractivity contribution in [1.82, 2.24) is 4.98 Å². The van der Waals surface area contributed by atoms with Crippen molar-refractivity contribution in [2.45, 2.75) is 19.9 Å². The Morgan fingerprint density at radius 3 is 2.58 bits per heavy atom. The van der Waals surface area contributed by atoms with Crippen LogP contribution in [0.25, 0.3) is 5.76 Å². The second-order valence-electron chi connectivity index (χ2n) is 7.54. The van der Waals surface area contributed by atoms with Crippen molar-refractivity contribution in [3.05, 3.63) is 89.3 Å². The lowest BCUT2D eigenvalue weighted by Crippen LogP contribution is -2.29. The van der Waals surface area contributed by atoms with Crippen LogP contribution in [-0.2, 0) is 9.59 Å². The number of methoxy groups -OCH3 is 1. The molecular formula is C26H24N2O5. The lowest BCUT2D eigenvalue weighted by Gasteiger charge is -2.25. The van der Waals surface area contributed by atoms with E-state index in [0.717, 1.165) is 5.56 Å². The fourth-order valence-electron chi connectivity index (χ4n) is 3.95. The van der Waals surface area contributed by atoms with E-state index in [1.54, 1.807) is 66.9 Å². The normalized spacial score (nSPS) is 17.3. The van der Waals surface area contributed by atoms with E-state index in [-0.39, 0.29) is 11.3 Å². The number of aryl methyl sites for hydroxylation is 1. The highest BCUT2D eigenvalue weighted by Crippen LogP contribution is 2.42. The molecule has 1 aromatic heterocycles. The summed E-state index contributed by atoms with van der Waals surface area (Å²) in [5.74, 6) is -0.565. The number of aliphatic hydroxyl groups is 1. The molecule has 0 bridgehead atoms. The van der Waals surface area contributed by atoms with Crippen molar-refractivity contribution < 1.29 is 24.2 Å². The summed E-state index contributed by atoms with van der Waals surface area (Å²) in [4.78, 5) is 32.1. The Kier molecular flexibility index (Phi) is 6.13. The van der Waals surface area contributed by atoms with Gasteiger partial charge in [0, 0.05) is 23.5 Å². The quantitative estimate of drug-likeness (QED) is 0.344. The van der Waals surface area contributed by atoms with Gasteiger partial charge in [-0.05, 0) is 61.9 Å². The first-order chi connectivity index (χ1) is 16.0. The van der Waals surface area contributed by atoms with Crippen LogP contribution in [0.3, 0.4) is 0 Å². The van der Waals surface area contributed by atoms with E-state index in [1.807, 2.05) is 13.8 Å². The first kappa shape index (κ1) is 22.1. The van der Waals surface area contributed by atoms with Crippen LogP contribution < -0.4 is 14.4 Å². The summed E-state index contributed by atoms with van der Waals surface area (Å²) in [6.07, 6.45) is 1.59. The molecule has 168 valence electrons. The van der Waals surface area contributed by atoms with Gasteiger partial charge in [0.2, 0.25) is 0 Å². The van der Waals surface area contributed by atoms with Crippen molar-refractivity contribution in [2.75, 3.05) is 18.6 Å². The molecule has 1 amide bonds. The number of ether oxygens (including phenoxy) is 2. The first-order valence-electron chi connectivity index (χ1n) is 10.6. The largest absolute Gasteiger partial charge is 0.507 e. The number of Topliss-reactive ketones (excluding diaryl/α,β-unsaturated/α-hetero) is 1. The van der Waals surface area contributed by atoms with Gasteiger partial charge in [0.25, 0.3) is 11.7 Å². The van der Waals surface area contributed by atoms with Gasteiger partial charge < -0.3 is 14.6 Å². The second-order valence-corrected chi connectivity index (χ2v) is 7.54. The standard InChI is InChI=1S/C26H24N2O5/c1-4-33-21-12-11-17(14-16(21)2)24(29)22-23(20-10-5-6-13-27-20)28(26(31)25(22)30)18-8-7-9-19(15-18)32-3/h5-15,23,29H,4H2,1-3H3/b24-22+. The highest BCUT2D eigenvalue weighted by atomic mass is 16.5. The fraction of sp³-hybridized carbons (Fsp3) is 0.192. The Morgan fingerprint density at radius 2 is 1.91 bits per heavy atom. The van der Waals surface area contributed by atoms with E-state index < -0.39 is 17.7 Å². The molecule has 7 heteroatoms. The minimum atomic E-state index is -0.898. The van der Waals surface area contributed by atoms with Gasteiger partial charge >= 0.3 is 0 Å². The number of carbonyl (C=O) groups excluding carboxylic acids is 2. The molecule has 2 aromatic carbocycles. The van der Waals surface area contributed by atoms with Gasteiger partial charge in [-0.1, -0.05) is 12.1 Å². The zero-order valence-corrected chi connectivity index (χ0v) is 18.6. The van der Waals surface area contributed by atoms with Gasteiger partial charge in [0.15, 0.2) is 0 Å². The Balaban J connectivity index is 1.90. The second kappa shape index (κ2) is 9.16. The molecule has 0 aliphatic carbocycles. The van der Waals surface area contributed by atoms with Crippen LogP contribution in [0.2, 0.25) is 0 Å². The predicted molar refractivity (Wildman–Crippen MR) is 124 cm³/mol. The van der Waals surface area contributed by atoms with Crippen LogP contribution in [0.15, 0.2) is 72.4 Å². The molecule has 1 atom stereocenters. The number of carbonyl (C=O) groups is 2. The molecule has 1 N–H and O–H groups in total. The number of anilines is 1. The minimum Gasteiger partial charge on any atom is -0.507 e. The van der Waals surface area contributed by atoms with E-state index in [9.17, 15) is 14.7 Å². The lowest BCUT2D eigenvalue weighted by atomic mass is 9.97. The number of rotatable bonds is 6. The Hall–Kier alpha value is -4.13. The van der Waals surface area contributed by atoms with E-state index >= 15 is 0 Å². The molecule has 4 rings (SSSR count). The van der Waals surface area contributed by atoms with Gasteiger partial charge in [-0.15, -0.1) is 0 Å². The highest BCUT2D eigenvalue weighted by Gasteiger charge is 2.47. The molecule has 33 heavy (non-hydrogen) atoms. The topological polar surface area (TPSA) is 89.0 Å². The minimum absolute atomic E-state index is 0.0231. The third-order valence-corrected chi connectivity index (χ3v) is 5.49. The summed E-state index contributed by atoms with van der Waals surface area (Å²) in [5, 5.41) is 11.2. The Labute approximate surface area is 191 Å². The van der Waals surface area contributed by atoms with Crippen LogP contribution in [0, 0.1) is 6.92 Å². The zero-order valence-electron chi connectivity index (χ0n) is 18.6. The van der Waals surface area contributed by atoms with Crippen LogP contribution in [0.1, 0.15) is 29.8 Å². The van der Waals surface area contributed by atoms with Crippen molar-refractivity contribution >= 4 is 23.1 Å². The number of ketones is 1. The van der Waals surface area contributed by atoms with E-state index in [2.05, 4.69) is 4.98 Å². The molecule has 1 unspecified atom stereocenters. The maximum atomic E-state index is 13.2. The van der Waals surface area contributed by atoms with Crippen LogP contribution in [0.4, 0.5) is 5.69 Å². The molecule has 2 heterocycles. The first-order valence-corrected chi connectivity index (χ1v) is 10.6. The predicted octanol–water partition coefficient (Wildman–Crippen LogP) is 4.42. The summed E-state index contributed by atoms with van der Waals surface area (Å²) in [6, 6.07) is 16.3. The molecular weight excluding hydrogens is 420 g/mol. The summed E-state index contributed by atoms with van der Waals surface area (Å²) >= 11 is 0. The van der Waals surface area contributed by atoms with Gasteiger partial charge in [-0.3, -0.25) is 19.5 Å². The number of aromatic nitrogens is 1. The fourth-order valence-corrected chi connectivity index (χ4v) is 3.95. The molecule has 0 radical (unpaired) electrons. The molecule has 1 fully saturated rings. The molecule has 1 aliphatic heterocycles. The zero-order chi connectivity index (χ0) is 23.5. The average Bonchev–Trinajstić information content (AvgIpc) is 3.11. The number of hydrogen-bond donors (Lipinski definition) is 1. The smallest absolute Gasteiger partial charge is 0.300 e. The Bertz CT molecular complexity index is 1240. The number of amides is 1. The number of hydrogen-bond acceptors (Lipinski definition) is 6. The monoisotopic (exact) mass is 444 g/mol. The molecule has 0 saturated carbocycles. The third kappa shape index (κ3) is 4.05. The van der Waals surface area contributed by atoms with E-state index in [4.69, 9.17) is 9.47 Å². The summed E-state index contributed by atoms with van der Waals surface area (Å²) in [6.45, 7) is 4.25. The highest BCUT2D eigenvalue weighted by molar-refractivity contribution is 6.51. The van der Waals surface area contributed by atoms with E-state index in [1.165, 1.54) is 12.0 Å². The maximum Gasteiger partial charge on any atom is 0.300 e. The van der Waals surface area contributed by atoms with Crippen LogP contribution in [0.5, 0.6) is 11.5 Å². The number of pyridine rings is 1. The maximum absolute atomic E-state index is 13.2. The molecule has 0 spiro atoms. The summed E-state index contributed by atoms with van der Waals surface area (Å²) in [5.41, 5.74) is 2.13. The van der Waals surface area contributed by atoms with Gasteiger partial charge in [-0.2, -0.15) is 0 Å². The third-order valence-electron chi connectivity index (χ3n) is 5.49. The van der Waals surface area contributed by atoms with Crippen molar-refractivity contribution in [3.8, 4) is 11.5 Å². The average molecular weight is 444 g/mol. The SMILES string of the molecule is CCOc1ccc(/C(O)=C2\C(=O)C(=O)N(c3cccc(OC)c3)C2c2ccccn2)cc1C. The van der Waals surface area contributed by atoms with Crippen LogP contribution >= 0.6 is 0 Å². The van der Waals surface area contributed by atoms with Crippen LogP contribution in [-0.4, -0.2) is 35.5 Å². The molecule has 1 saturated heterocycles. The number of nitrogens with zero attached hydrogens (tertiary/aromatic N) is 2. The number of benzene rings is 2.